The molecule has 0 N–H and O–H groups in total. The van der Waals surface area contributed by atoms with Crippen LogP contribution >= 0.6 is 0 Å². The average Bonchev–Trinajstić information content (AvgIpc) is 3.18. The van der Waals surface area contributed by atoms with E-state index in [2.05, 4.69) is 45.9 Å². The van der Waals surface area contributed by atoms with Crippen molar-refractivity contribution in [3.63, 3.8) is 0 Å². The van der Waals surface area contributed by atoms with Crippen LogP contribution < -0.4 is 14.9 Å². The van der Waals surface area contributed by atoms with Crippen LogP contribution in [0.15, 0.2) is 47.5 Å². The molecule has 3 aliphatic rings. The second-order valence-corrected chi connectivity index (χ2v) is 8.62. The molecule has 0 aliphatic carbocycles. The van der Waals surface area contributed by atoms with Crippen LogP contribution in [-0.4, -0.2) is 36.7 Å². The second-order valence-electron chi connectivity index (χ2n) is 8.62. The minimum Gasteiger partial charge on any atom is -0.485 e. The highest BCUT2D eigenvalue weighted by molar-refractivity contribution is 6.62. The lowest BCUT2D eigenvalue weighted by Crippen LogP contribution is -2.41. The van der Waals surface area contributed by atoms with Crippen LogP contribution in [0.3, 0.4) is 0 Å². The molecule has 0 aromatic heterocycles. The molecule has 1 fully saturated rings. The van der Waals surface area contributed by atoms with Crippen LogP contribution in [0, 0.1) is 0 Å². The summed E-state index contributed by atoms with van der Waals surface area (Å²) < 4.78 is 24.3. The lowest BCUT2D eigenvalue weighted by molar-refractivity contribution is 0.00578. The first kappa shape index (κ1) is 17.8. The molecule has 2 aromatic rings. The summed E-state index contributed by atoms with van der Waals surface area (Å²) in [5.74, 6) is 1.56. The van der Waals surface area contributed by atoms with Crippen molar-refractivity contribution in [2.45, 2.75) is 51.4 Å². The fourth-order valence-electron chi connectivity index (χ4n) is 3.72. The smallest absolute Gasteiger partial charge is 0.485 e. The van der Waals surface area contributed by atoms with Gasteiger partial charge in [0.2, 0.25) is 0 Å². The van der Waals surface area contributed by atoms with Gasteiger partial charge in [-0.05, 0) is 56.9 Å². The molecule has 144 valence electrons. The van der Waals surface area contributed by atoms with Gasteiger partial charge in [-0.25, -0.2) is 0 Å². The Morgan fingerprint density at radius 2 is 1.68 bits per heavy atom. The number of hydrogen-bond donors (Lipinski definition) is 0. The van der Waals surface area contributed by atoms with Gasteiger partial charge in [-0.15, -0.1) is 0 Å². The fraction of sp³-hybridized carbons (Fsp3) is 0.409. The lowest BCUT2D eigenvalue weighted by atomic mass is 9.78. The van der Waals surface area contributed by atoms with Gasteiger partial charge >= 0.3 is 7.12 Å². The maximum Gasteiger partial charge on any atom is 0.494 e. The third-order valence-corrected chi connectivity index (χ3v) is 6.15. The fourth-order valence-corrected chi connectivity index (χ4v) is 3.72. The molecule has 0 bridgehead atoms. The summed E-state index contributed by atoms with van der Waals surface area (Å²) in [5.41, 5.74) is 3.43. The van der Waals surface area contributed by atoms with E-state index in [1.807, 2.05) is 24.3 Å². The van der Waals surface area contributed by atoms with Gasteiger partial charge < -0.3 is 18.8 Å². The third kappa shape index (κ3) is 2.83. The number of hydrogen-bond acceptors (Lipinski definition) is 5. The van der Waals surface area contributed by atoms with Crippen molar-refractivity contribution < 1.29 is 18.8 Å². The molecule has 5 rings (SSSR count). The zero-order valence-corrected chi connectivity index (χ0v) is 16.7. The SMILES string of the molecule is CC1(C)OB(c2ccc3c(c2)N=C(C2COc4ccccc4O2)C3)OC1(C)C. The van der Waals surface area contributed by atoms with E-state index in [0.29, 0.717) is 6.61 Å². The summed E-state index contributed by atoms with van der Waals surface area (Å²) in [4.78, 5) is 4.85. The number of nitrogens with zero attached hydrogens (tertiary/aromatic N) is 1. The van der Waals surface area contributed by atoms with Gasteiger partial charge in [0.1, 0.15) is 6.61 Å². The maximum absolute atomic E-state index is 6.18. The average molecular weight is 377 g/mol. The van der Waals surface area contributed by atoms with Crippen LogP contribution in [0.1, 0.15) is 33.3 Å². The van der Waals surface area contributed by atoms with Crippen molar-refractivity contribution in [3.8, 4) is 11.5 Å². The monoisotopic (exact) mass is 377 g/mol. The number of aliphatic imine (C=N–C) groups is 1. The Bertz CT molecular complexity index is 953. The molecule has 0 amide bonds. The number of benzene rings is 2. The van der Waals surface area contributed by atoms with Crippen LogP contribution in [-0.2, 0) is 15.7 Å². The van der Waals surface area contributed by atoms with Crippen molar-refractivity contribution in [1.82, 2.24) is 0 Å². The van der Waals surface area contributed by atoms with E-state index in [4.69, 9.17) is 23.8 Å². The molecule has 0 spiro atoms. The van der Waals surface area contributed by atoms with E-state index in [-0.39, 0.29) is 24.4 Å². The van der Waals surface area contributed by atoms with Gasteiger partial charge in [-0.3, -0.25) is 4.99 Å². The quantitative estimate of drug-likeness (QED) is 0.753. The van der Waals surface area contributed by atoms with Gasteiger partial charge in [0.25, 0.3) is 0 Å². The Morgan fingerprint density at radius 1 is 0.964 bits per heavy atom. The van der Waals surface area contributed by atoms with Crippen LogP contribution in [0.4, 0.5) is 5.69 Å². The van der Waals surface area contributed by atoms with Gasteiger partial charge in [-0.1, -0.05) is 24.3 Å². The van der Waals surface area contributed by atoms with Gasteiger partial charge in [0, 0.05) is 6.42 Å². The maximum atomic E-state index is 6.18. The van der Waals surface area contributed by atoms with E-state index in [1.54, 1.807) is 0 Å². The van der Waals surface area contributed by atoms with Crippen molar-refractivity contribution in [1.29, 1.82) is 0 Å². The molecule has 1 atom stereocenters. The first-order valence-corrected chi connectivity index (χ1v) is 9.77. The summed E-state index contributed by atoms with van der Waals surface area (Å²) in [6.07, 6.45) is 0.609. The number of rotatable bonds is 2. The standard InChI is InChI=1S/C22H24BNO4/c1-21(2)22(3,4)28-23(27-21)15-10-9-14-11-17(24-16(14)12-15)20-13-25-18-7-5-6-8-19(18)26-20/h5-10,12,20H,11,13H2,1-4H3. The largest absolute Gasteiger partial charge is 0.494 e. The van der Waals surface area contributed by atoms with E-state index in [1.165, 1.54) is 5.56 Å². The second kappa shape index (κ2) is 6.10. The molecule has 5 nitrogen and oxygen atoms in total. The molecule has 6 heteroatoms. The predicted molar refractivity (Wildman–Crippen MR) is 109 cm³/mol. The zero-order chi connectivity index (χ0) is 19.5. The molecule has 0 saturated carbocycles. The number of ether oxygens (including phenoxy) is 2. The Balaban J connectivity index is 1.37. The van der Waals surface area contributed by atoms with Crippen molar-refractivity contribution >= 4 is 24.0 Å². The topological polar surface area (TPSA) is 49.3 Å². The summed E-state index contributed by atoms with van der Waals surface area (Å²) in [7, 11) is -0.379. The molecular weight excluding hydrogens is 353 g/mol. The molecule has 0 radical (unpaired) electrons. The van der Waals surface area contributed by atoms with Gasteiger partial charge in [-0.2, -0.15) is 0 Å². The molecular formula is C22H24BNO4. The van der Waals surface area contributed by atoms with Crippen molar-refractivity contribution in [2.75, 3.05) is 6.61 Å². The summed E-state index contributed by atoms with van der Waals surface area (Å²) in [5, 5.41) is 0. The zero-order valence-electron chi connectivity index (χ0n) is 16.7. The minimum atomic E-state index is -0.379. The van der Waals surface area contributed by atoms with Crippen LogP contribution in [0.2, 0.25) is 0 Å². The first-order chi connectivity index (χ1) is 13.3. The molecule has 2 aromatic carbocycles. The predicted octanol–water partition coefficient (Wildman–Crippen LogP) is 3.45. The van der Waals surface area contributed by atoms with E-state index in [9.17, 15) is 0 Å². The van der Waals surface area contributed by atoms with E-state index in [0.717, 1.165) is 34.8 Å². The Kier molecular flexibility index (Phi) is 3.87. The number of para-hydroxylation sites is 2. The van der Waals surface area contributed by atoms with E-state index < -0.39 is 0 Å². The number of fused-ring (bicyclic) bond motifs is 2. The van der Waals surface area contributed by atoms with Crippen LogP contribution in [0.25, 0.3) is 0 Å². The highest BCUT2D eigenvalue weighted by atomic mass is 16.7. The molecule has 3 heterocycles. The molecule has 3 aliphatic heterocycles. The normalized spacial score (nSPS) is 24.1. The Morgan fingerprint density at radius 3 is 2.43 bits per heavy atom. The van der Waals surface area contributed by atoms with E-state index >= 15 is 0 Å². The van der Waals surface area contributed by atoms with Crippen molar-refractivity contribution in [2.24, 2.45) is 4.99 Å². The van der Waals surface area contributed by atoms with Crippen molar-refractivity contribution in [3.05, 3.63) is 48.0 Å². The third-order valence-electron chi connectivity index (χ3n) is 6.15. The Hall–Kier alpha value is -2.31. The summed E-state index contributed by atoms with van der Waals surface area (Å²) in [6, 6.07) is 14.0. The van der Waals surface area contributed by atoms with Gasteiger partial charge in [0.05, 0.1) is 22.6 Å². The molecule has 28 heavy (non-hydrogen) atoms. The summed E-state index contributed by atoms with van der Waals surface area (Å²) in [6.45, 7) is 8.74. The van der Waals surface area contributed by atoms with Gasteiger partial charge in [0.15, 0.2) is 17.6 Å². The Labute approximate surface area is 165 Å². The summed E-state index contributed by atoms with van der Waals surface area (Å²) >= 11 is 0. The van der Waals surface area contributed by atoms with Crippen LogP contribution in [0.5, 0.6) is 11.5 Å². The first-order valence-electron chi connectivity index (χ1n) is 9.77. The molecule has 1 unspecified atom stereocenters. The minimum absolute atomic E-state index is 0.164. The highest BCUT2D eigenvalue weighted by Crippen LogP contribution is 2.38. The molecule has 1 saturated heterocycles. The lowest BCUT2D eigenvalue weighted by Gasteiger charge is -2.32. The highest BCUT2D eigenvalue weighted by Gasteiger charge is 2.51.